The Hall–Kier alpha value is -0.755. The van der Waals surface area contributed by atoms with E-state index in [0.717, 1.165) is 0 Å². The molecule has 0 spiro atoms. The van der Waals surface area contributed by atoms with Gasteiger partial charge in [0.2, 0.25) is 5.91 Å². The Morgan fingerprint density at radius 2 is 1.96 bits per heavy atom. The number of amides is 1. The molecule has 2 saturated heterocycles. The van der Waals surface area contributed by atoms with Crippen molar-refractivity contribution in [1.82, 2.24) is 13.9 Å². The molecule has 3 atom stereocenters. The van der Waals surface area contributed by atoms with Crippen LogP contribution in [0, 0.1) is 5.92 Å². The van der Waals surface area contributed by atoms with Gasteiger partial charge in [0.15, 0.2) is 0 Å². The SMILES string of the molecule is C[C@H](N)C(=O)N1CC(NS(=O)(=O)N2C[C@H](CCCB(O)O)[C@@H](N)C2)C1. The standard InChI is InChI=1S/C13H28BN5O5S/c1-9(15)13(20)18-6-11(7-18)17-25(23,24)19-5-10(12(16)8-19)3-2-4-14(21)22/h9-12,17,21-22H,2-8,15-16H2,1H3/t9-,10-,12-/m0/s1. The van der Waals surface area contributed by atoms with Crippen molar-refractivity contribution in [2.75, 3.05) is 26.2 Å². The summed E-state index contributed by atoms with van der Waals surface area (Å²) in [6, 6.07) is -1.18. The van der Waals surface area contributed by atoms with Crippen LogP contribution in [0.15, 0.2) is 0 Å². The molecule has 7 N–H and O–H groups in total. The molecule has 0 bridgehead atoms. The van der Waals surface area contributed by atoms with E-state index in [1.54, 1.807) is 6.92 Å². The van der Waals surface area contributed by atoms with Crippen LogP contribution < -0.4 is 16.2 Å². The van der Waals surface area contributed by atoms with Crippen LogP contribution in [0.5, 0.6) is 0 Å². The van der Waals surface area contributed by atoms with Crippen molar-refractivity contribution in [2.45, 2.75) is 44.2 Å². The average molecular weight is 377 g/mol. The van der Waals surface area contributed by atoms with E-state index in [4.69, 9.17) is 21.5 Å². The first-order valence-electron chi connectivity index (χ1n) is 8.53. The Morgan fingerprint density at radius 3 is 2.52 bits per heavy atom. The summed E-state index contributed by atoms with van der Waals surface area (Å²) in [6.07, 6.45) is 1.47. The Kier molecular flexibility index (Phi) is 6.82. The van der Waals surface area contributed by atoms with Crippen molar-refractivity contribution in [3.63, 3.8) is 0 Å². The lowest BCUT2D eigenvalue weighted by atomic mass is 9.82. The van der Waals surface area contributed by atoms with Gasteiger partial charge < -0.3 is 26.4 Å². The van der Waals surface area contributed by atoms with Crippen LogP contribution >= 0.6 is 0 Å². The zero-order valence-corrected chi connectivity index (χ0v) is 15.2. The van der Waals surface area contributed by atoms with E-state index in [2.05, 4.69) is 4.72 Å². The smallest absolute Gasteiger partial charge is 0.427 e. The second-order valence-corrected chi connectivity index (χ2v) is 8.71. The van der Waals surface area contributed by atoms with Crippen molar-refractivity contribution >= 4 is 23.2 Å². The predicted molar refractivity (Wildman–Crippen MR) is 93.3 cm³/mol. The lowest BCUT2D eigenvalue weighted by molar-refractivity contribution is -0.136. The fourth-order valence-electron chi connectivity index (χ4n) is 3.23. The first-order chi connectivity index (χ1) is 11.6. The highest BCUT2D eigenvalue weighted by molar-refractivity contribution is 7.87. The Bertz CT molecular complexity index is 569. The van der Waals surface area contributed by atoms with Gasteiger partial charge in [0.25, 0.3) is 10.2 Å². The summed E-state index contributed by atoms with van der Waals surface area (Å²) < 4.78 is 28.9. The molecule has 0 aromatic heterocycles. The van der Waals surface area contributed by atoms with Crippen LogP contribution in [-0.4, -0.2) is 85.0 Å². The van der Waals surface area contributed by atoms with Crippen molar-refractivity contribution in [1.29, 1.82) is 0 Å². The monoisotopic (exact) mass is 377 g/mol. The molecule has 0 radical (unpaired) electrons. The lowest BCUT2D eigenvalue weighted by Crippen LogP contribution is -2.64. The van der Waals surface area contributed by atoms with E-state index in [-0.39, 0.29) is 36.8 Å². The number of nitrogens with two attached hydrogens (primary N) is 2. The summed E-state index contributed by atoms with van der Waals surface area (Å²) in [5, 5.41) is 17.7. The molecule has 25 heavy (non-hydrogen) atoms. The van der Waals surface area contributed by atoms with Gasteiger partial charge in [-0.1, -0.05) is 6.42 Å². The molecule has 144 valence electrons. The number of carbonyl (C=O) groups excluding carboxylic acids is 1. The third-order valence-corrected chi connectivity index (χ3v) is 6.34. The van der Waals surface area contributed by atoms with Crippen LogP contribution in [0.2, 0.25) is 6.32 Å². The van der Waals surface area contributed by atoms with E-state index < -0.39 is 23.4 Å². The first-order valence-corrected chi connectivity index (χ1v) is 9.97. The van der Waals surface area contributed by atoms with E-state index >= 15 is 0 Å². The molecule has 0 aromatic carbocycles. The van der Waals surface area contributed by atoms with Crippen LogP contribution in [-0.2, 0) is 15.0 Å². The predicted octanol–water partition coefficient (Wildman–Crippen LogP) is -3.11. The first kappa shape index (κ1) is 20.6. The fourth-order valence-corrected chi connectivity index (χ4v) is 4.70. The molecule has 2 fully saturated rings. The zero-order chi connectivity index (χ0) is 18.8. The maximum absolute atomic E-state index is 12.5. The van der Waals surface area contributed by atoms with Crippen molar-refractivity contribution < 1.29 is 23.3 Å². The van der Waals surface area contributed by atoms with E-state index in [0.29, 0.717) is 32.5 Å². The molecule has 0 aliphatic carbocycles. The number of carbonyl (C=O) groups is 1. The summed E-state index contributed by atoms with van der Waals surface area (Å²) in [5.74, 6) is -0.197. The van der Waals surface area contributed by atoms with Gasteiger partial charge in [0, 0.05) is 32.2 Å². The maximum atomic E-state index is 12.5. The average Bonchev–Trinajstić information content (AvgIpc) is 2.83. The van der Waals surface area contributed by atoms with Crippen LogP contribution in [0.1, 0.15) is 19.8 Å². The molecule has 2 heterocycles. The topological polar surface area (TPSA) is 162 Å². The van der Waals surface area contributed by atoms with Crippen molar-refractivity contribution in [2.24, 2.45) is 17.4 Å². The van der Waals surface area contributed by atoms with Crippen molar-refractivity contribution in [3.8, 4) is 0 Å². The molecule has 2 rings (SSSR count). The van der Waals surface area contributed by atoms with E-state index in [1.807, 2.05) is 0 Å². The summed E-state index contributed by atoms with van der Waals surface area (Å²) in [6.45, 7) is 2.78. The van der Waals surface area contributed by atoms with Crippen LogP contribution in [0.4, 0.5) is 0 Å². The minimum absolute atomic E-state index is 0.00659. The normalized spacial score (nSPS) is 26.5. The number of nitrogens with zero attached hydrogens (tertiary/aromatic N) is 2. The second-order valence-electron chi connectivity index (χ2n) is 7.00. The number of hydrogen-bond acceptors (Lipinski definition) is 7. The van der Waals surface area contributed by atoms with Gasteiger partial charge in [-0.25, -0.2) is 0 Å². The largest absolute Gasteiger partial charge is 0.451 e. The number of likely N-dealkylation sites (tertiary alicyclic amines) is 1. The Labute approximate surface area is 148 Å². The summed E-state index contributed by atoms with van der Waals surface area (Å²) in [4.78, 5) is 13.2. The second kappa shape index (κ2) is 8.29. The molecule has 0 unspecified atom stereocenters. The third-order valence-electron chi connectivity index (χ3n) is 4.73. The highest BCUT2D eigenvalue weighted by Gasteiger charge is 2.40. The quantitative estimate of drug-likeness (QED) is 0.280. The fraction of sp³-hybridized carbons (Fsp3) is 0.923. The molecule has 0 aromatic rings. The van der Waals surface area contributed by atoms with Gasteiger partial charge in [-0.3, -0.25) is 4.79 Å². The van der Waals surface area contributed by atoms with Gasteiger partial charge in [0.05, 0.1) is 12.1 Å². The molecule has 0 saturated carbocycles. The molecule has 2 aliphatic rings. The zero-order valence-electron chi connectivity index (χ0n) is 14.4. The molecular formula is C13H28BN5O5S. The van der Waals surface area contributed by atoms with Crippen molar-refractivity contribution in [3.05, 3.63) is 0 Å². The maximum Gasteiger partial charge on any atom is 0.451 e. The Morgan fingerprint density at radius 1 is 1.32 bits per heavy atom. The third kappa shape index (κ3) is 5.36. The lowest BCUT2D eigenvalue weighted by Gasteiger charge is -2.40. The molecular weight excluding hydrogens is 349 g/mol. The van der Waals surface area contributed by atoms with Crippen LogP contribution in [0.3, 0.4) is 0 Å². The minimum Gasteiger partial charge on any atom is -0.427 e. The minimum atomic E-state index is -3.66. The molecule has 10 nitrogen and oxygen atoms in total. The number of hydrogen-bond donors (Lipinski definition) is 5. The van der Waals surface area contributed by atoms with E-state index in [9.17, 15) is 13.2 Å². The highest BCUT2D eigenvalue weighted by Crippen LogP contribution is 2.24. The van der Waals surface area contributed by atoms with Gasteiger partial charge in [-0.05, 0) is 25.6 Å². The van der Waals surface area contributed by atoms with Gasteiger partial charge in [0.1, 0.15) is 0 Å². The number of nitrogens with one attached hydrogen (secondary N) is 1. The summed E-state index contributed by atoms with van der Waals surface area (Å²) in [7, 11) is -5.01. The summed E-state index contributed by atoms with van der Waals surface area (Å²) >= 11 is 0. The molecule has 12 heteroatoms. The molecule has 1 amide bonds. The number of rotatable bonds is 8. The van der Waals surface area contributed by atoms with Gasteiger partial charge >= 0.3 is 7.12 Å². The van der Waals surface area contributed by atoms with Crippen LogP contribution in [0.25, 0.3) is 0 Å². The highest BCUT2D eigenvalue weighted by atomic mass is 32.2. The summed E-state index contributed by atoms with van der Waals surface area (Å²) in [5.41, 5.74) is 11.6. The molecule has 2 aliphatic heterocycles. The van der Waals surface area contributed by atoms with Gasteiger partial charge in [-0.15, -0.1) is 0 Å². The van der Waals surface area contributed by atoms with Gasteiger partial charge in [-0.2, -0.15) is 17.4 Å². The Balaban J connectivity index is 1.80. The van der Waals surface area contributed by atoms with E-state index in [1.165, 1.54) is 9.21 Å².